The molecular weight excluding hydrogens is 310 g/mol. The molecule has 132 valence electrons. The van der Waals surface area contributed by atoms with Gasteiger partial charge in [0.05, 0.1) is 23.3 Å². The molecule has 3 heterocycles. The molecule has 0 spiro atoms. The van der Waals surface area contributed by atoms with Gasteiger partial charge in [-0.15, -0.1) is 0 Å². The van der Waals surface area contributed by atoms with Crippen molar-refractivity contribution in [3.05, 3.63) is 53.6 Å². The van der Waals surface area contributed by atoms with Crippen LogP contribution in [-0.2, 0) is 13.0 Å². The van der Waals surface area contributed by atoms with E-state index in [0.29, 0.717) is 6.04 Å². The van der Waals surface area contributed by atoms with Crippen LogP contribution in [0.25, 0.3) is 11.0 Å². The van der Waals surface area contributed by atoms with Crippen LogP contribution in [0.5, 0.6) is 0 Å². The Bertz CT molecular complexity index is 813. The number of hydrogen-bond donors (Lipinski definition) is 0. The van der Waals surface area contributed by atoms with Crippen LogP contribution in [0.15, 0.2) is 36.7 Å². The van der Waals surface area contributed by atoms with Crippen LogP contribution in [-0.4, -0.2) is 37.7 Å². The SMILES string of the molecule is CC.Cc1cc2n(n1)CCN(C(C)c1ccc3nccnc3c1)CC2. The molecule has 0 aliphatic carbocycles. The normalized spacial score (nSPS) is 15.8. The summed E-state index contributed by atoms with van der Waals surface area (Å²) in [7, 11) is 0. The van der Waals surface area contributed by atoms with E-state index in [2.05, 4.69) is 62.8 Å². The highest BCUT2D eigenvalue weighted by Gasteiger charge is 2.20. The molecule has 1 aliphatic heterocycles. The molecule has 4 rings (SSSR count). The largest absolute Gasteiger partial charge is 0.294 e. The van der Waals surface area contributed by atoms with Crippen molar-refractivity contribution >= 4 is 11.0 Å². The van der Waals surface area contributed by atoms with Gasteiger partial charge in [0.25, 0.3) is 0 Å². The highest BCUT2D eigenvalue weighted by Crippen LogP contribution is 2.24. The van der Waals surface area contributed by atoms with E-state index in [1.54, 1.807) is 12.4 Å². The van der Waals surface area contributed by atoms with Crippen molar-refractivity contribution < 1.29 is 0 Å². The Labute approximate surface area is 149 Å². The molecule has 5 nitrogen and oxygen atoms in total. The fourth-order valence-electron chi connectivity index (χ4n) is 3.43. The Kier molecular flexibility index (Phi) is 5.43. The highest BCUT2D eigenvalue weighted by atomic mass is 15.3. The van der Waals surface area contributed by atoms with Gasteiger partial charge in [-0.05, 0) is 37.6 Å². The van der Waals surface area contributed by atoms with Gasteiger partial charge in [-0.3, -0.25) is 19.5 Å². The fraction of sp³-hybridized carbons (Fsp3) is 0.450. The van der Waals surface area contributed by atoms with E-state index in [1.165, 1.54) is 11.3 Å². The molecule has 1 atom stereocenters. The van der Waals surface area contributed by atoms with Gasteiger partial charge < -0.3 is 0 Å². The number of fused-ring (bicyclic) bond motifs is 2. The first-order chi connectivity index (χ1) is 12.2. The van der Waals surface area contributed by atoms with Gasteiger partial charge in [0.15, 0.2) is 0 Å². The predicted molar refractivity (Wildman–Crippen MR) is 102 cm³/mol. The molecule has 0 N–H and O–H groups in total. The molecule has 1 aliphatic rings. The number of nitrogens with zero attached hydrogens (tertiary/aromatic N) is 5. The predicted octanol–water partition coefficient (Wildman–Crippen LogP) is 3.78. The van der Waals surface area contributed by atoms with Gasteiger partial charge in [-0.2, -0.15) is 5.10 Å². The lowest BCUT2D eigenvalue weighted by Gasteiger charge is -2.27. The van der Waals surface area contributed by atoms with Crippen LogP contribution >= 0.6 is 0 Å². The second-order valence-corrected chi connectivity index (χ2v) is 6.27. The van der Waals surface area contributed by atoms with Crippen LogP contribution in [0.4, 0.5) is 0 Å². The molecule has 0 bridgehead atoms. The minimum atomic E-state index is 0.368. The zero-order valence-electron chi connectivity index (χ0n) is 15.6. The maximum absolute atomic E-state index is 4.59. The number of aryl methyl sites for hydroxylation is 1. The third kappa shape index (κ3) is 3.71. The van der Waals surface area contributed by atoms with Crippen molar-refractivity contribution in [1.82, 2.24) is 24.6 Å². The lowest BCUT2D eigenvalue weighted by atomic mass is 10.1. The van der Waals surface area contributed by atoms with Gasteiger partial charge in [0.1, 0.15) is 0 Å². The van der Waals surface area contributed by atoms with Gasteiger partial charge in [-0.25, -0.2) is 0 Å². The first-order valence-corrected chi connectivity index (χ1v) is 9.19. The van der Waals surface area contributed by atoms with E-state index in [-0.39, 0.29) is 0 Å². The molecular formula is C20H27N5. The topological polar surface area (TPSA) is 46.8 Å². The van der Waals surface area contributed by atoms with Crippen LogP contribution < -0.4 is 0 Å². The minimum Gasteiger partial charge on any atom is -0.294 e. The molecule has 0 saturated carbocycles. The van der Waals surface area contributed by atoms with E-state index >= 15 is 0 Å². The zero-order chi connectivity index (χ0) is 17.8. The summed E-state index contributed by atoms with van der Waals surface area (Å²) < 4.78 is 2.16. The second-order valence-electron chi connectivity index (χ2n) is 6.27. The van der Waals surface area contributed by atoms with Crippen LogP contribution in [0.3, 0.4) is 0 Å². The van der Waals surface area contributed by atoms with Crippen molar-refractivity contribution in [3.8, 4) is 0 Å². The maximum Gasteiger partial charge on any atom is 0.0890 e. The van der Waals surface area contributed by atoms with E-state index < -0.39 is 0 Å². The summed E-state index contributed by atoms with van der Waals surface area (Å²) in [6.45, 7) is 11.4. The third-order valence-electron chi connectivity index (χ3n) is 4.76. The molecule has 3 aromatic rings. The molecule has 1 aromatic carbocycles. The number of aromatic nitrogens is 4. The van der Waals surface area contributed by atoms with E-state index in [9.17, 15) is 0 Å². The first kappa shape index (κ1) is 17.5. The summed E-state index contributed by atoms with van der Waals surface area (Å²) >= 11 is 0. The molecule has 2 aromatic heterocycles. The van der Waals surface area contributed by atoms with Crippen molar-refractivity contribution in [1.29, 1.82) is 0 Å². The first-order valence-electron chi connectivity index (χ1n) is 9.19. The lowest BCUT2D eigenvalue weighted by Crippen LogP contribution is -2.30. The van der Waals surface area contributed by atoms with Crippen LogP contribution in [0, 0.1) is 6.92 Å². The number of benzene rings is 1. The van der Waals surface area contributed by atoms with Gasteiger partial charge in [0, 0.05) is 43.6 Å². The third-order valence-corrected chi connectivity index (χ3v) is 4.76. The molecule has 25 heavy (non-hydrogen) atoms. The average molecular weight is 337 g/mol. The smallest absolute Gasteiger partial charge is 0.0890 e. The van der Waals surface area contributed by atoms with E-state index in [0.717, 1.165) is 42.8 Å². The quantitative estimate of drug-likeness (QED) is 0.714. The molecule has 0 saturated heterocycles. The summed E-state index contributed by atoms with van der Waals surface area (Å²) in [5.41, 5.74) is 5.69. The minimum absolute atomic E-state index is 0.368. The Morgan fingerprint density at radius 1 is 0.960 bits per heavy atom. The summed E-state index contributed by atoms with van der Waals surface area (Å²) in [6.07, 6.45) is 4.55. The highest BCUT2D eigenvalue weighted by molar-refractivity contribution is 5.74. The number of rotatable bonds is 2. The van der Waals surface area contributed by atoms with Crippen molar-refractivity contribution in [2.24, 2.45) is 0 Å². The van der Waals surface area contributed by atoms with E-state index in [1.807, 2.05) is 13.8 Å². The molecule has 0 amide bonds. The van der Waals surface area contributed by atoms with Gasteiger partial charge in [0.2, 0.25) is 0 Å². The maximum atomic E-state index is 4.59. The van der Waals surface area contributed by atoms with Crippen molar-refractivity contribution in [2.75, 3.05) is 13.1 Å². The van der Waals surface area contributed by atoms with Crippen LogP contribution in [0.2, 0.25) is 0 Å². The summed E-state index contributed by atoms with van der Waals surface area (Å²) in [6, 6.07) is 8.99. The summed E-state index contributed by atoms with van der Waals surface area (Å²) in [4.78, 5) is 11.3. The van der Waals surface area contributed by atoms with Crippen molar-refractivity contribution in [2.45, 2.75) is 46.7 Å². The van der Waals surface area contributed by atoms with Gasteiger partial charge in [-0.1, -0.05) is 19.9 Å². The monoisotopic (exact) mass is 337 g/mol. The molecule has 5 heteroatoms. The van der Waals surface area contributed by atoms with Crippen molar-refractivity contribution in [3.63, 3.8) is 0 Å². The standard InChI is InChI=1S/C18H21N5.C2H6/c1-13-11-16-5-8-22(9-10-23(16)21-13)14(2)15-3-4-17-18(12-15)20-7-6-19-17;1-2/h3-4,6-7,11-12,14H,5,8-10H2,1-2H3;1-2H3. The summed E-state index contributed by atoms with van der Waals surface area (Å²) in [5, 5.41) is 4.59. The zero-order valence-corrected chi connectivity index (χ0v) is 15.6. The summed E-state index contributed by atoms with van der Waals surface area (Å²) in [5.74, 6) is 0. The van der Waals surface area contributed by atoms with E-state index in [4.69, 9.17) is 0 Å². The Morgan fingerprint density at radius 3 is 2.52 bits per heavy atom. The Morgan fingerprint density at radius 2 is 1.72 bits per heavy atom. The van der Waals surface area contributed by atoms with Crippen LogP contribution in [0.1, 0.15) is 43.8 Å². The number of hydrogen-bond acceptors (Lipinski definition) is 4. The fourth-order valence-corrected chi connectivity index (χ4v) is 3.43. The molecule has 0 fully saturated rings. The Balaban J connectivity index is 0.000000880. The average Bonchev–Trinajstić information content (AvgIpc) is 2.91. The Hall–Kier alpha value is -2.27. The molecule has 0 radical (unpaired) electrons. The lowest BCUT2D eigenvalue weighted by molar-refractivity contribution is 0.213. The second kappa shape index (κ2) is 7.74. The molecule has 1 unspecified atom stereocenters. The van der Waals surface area contributed by atoms with Gasteiger partial charge >= 0.3 is 0 Å².